The van der Waals surface area contributed by atoms with Crippen LogP contribution in [-0.4, -0.2) is 23.3 Å². The van der Waals surface area contributed by atoms with Crippen molar-refractivity contribution in [3.63, 3.8) is 0 Å². The van der Waals surface area contributed by atoms with E-state index in [1.165, 1.54) is 22.6 Å². The van der Waals surface area contributed by atoms with Gasteiger partial charge in [-0.1, -0.05) is 30.3 Å². The number of nitrogens with one attached hydrogen (secondary N) is 3. The fourth-order valence-corrected chi connectivity index (χ4v) is 4.83. The van der Waals surface area contributed by atoms with Crippen molar-refractivity contribution in [3.8, 4) is 0 Å². The lowest BCUT2D eigenvalue weighted by atomic mass is 10.2. The summed E-state index contributed by atoms with van der Waals surface area (Å²) in [5.74, 6) is 0.686. The first-order valence-electron chi connectivity index (χ1n) is 10.1. The fraction of sp³-hybridized carbons (Fsp3) is 0.125. The molecular weight excluding hydrogens is 411 g/mol. The van der Waals surface area contributed by atoms with Crippen molar-refractivity contribution in [2.24, 2.45) is 0 Å². The minimum Gasteiger partial charge on any atom is -0.365 e. The zero-order chi connectivity index (χ0) is 21.2. The summed E-state index contributed by atoms with van der Waals surface area (Å²) in [5.41, 5.74) is 4.38. The summed E-state index contributed by atoms with van der Waals surface area (Å²) in [6, 6.07) is 20.4. The Morgan fingerprint density at radius 2 is 1.94 bits per heavy atom. The number of amides is 2. The third kappa shape index (κ3) is 4.22. The molecule has 0 atom stereocenters. The predicted octanol–water partition coefficient (Wildman–Crippen LogP) is 6.06. The van der Waals surface area contributed by atoms with Crippen molar-refractivity contribution in [2.75, 3.05) is 27.8 Å². The van der Waals surface area contributed by atoms with Gasteiger partial charge in [0.1, 0.15) is 5.82 Å². The number of thioether (sulfide) groups is 1. The molecule has 7 heteroatoms. The Morgan fingerprint density at radius 1 is 1.06 bits per heavy atom. The Balaban J connectivity index is 1.33. The summed E-state index contributed by atoms with van der Waals surface area (Å²) in [4.78, 5) is 19.2. The lowest BCUT2D eigenvalue weighted by Gasteiger charge is -2.31. The van der Waals surface area contributed by atoms with Crippen molar-refractivity contribution in [2.45, 2.75) is 11.4 Å². The number of aromatic nitrogens is 1. The van der Waals surface area contributed by atoms with Gasteiger partial charge in [0.25, 0.3) is 0 Å². The first-order valence-corrected chi connectivity index (χ1v) is 11.0. The number of hydrogen-bond donors (Lipinski definition) is 3. The highest BCUT2D eigenvalue weighted by atomic mass is 32.2. The van der Waals surface area contributed by atoms with E-state index in [1.807, 2.05) is 48.2 Å². The lowest BCUT2D eigenvalue weighted by Crippen LogP contribution is -2.29. The smallest absolute Gasteiger partial charge is 0.323 e. The molecule has 1 aliphatic rings. The van der Waals surface area contributed by atoms with Gasteiger partial charge in [0.15, 0.2) is 0 Å². The molecule has 0 saturated carbocycles. The third-order valence-corrected chi connectivity index (χ3v) is 6.33. The maximum Gasteiger partial charge on any atom is 0.323 e. The molecule has 4 aromatic rings. The number of hydrogen-bond acceptors (Lipinski definition) is 3. The average Bonchev–Trinajstić information content (AvgIpc) is 3.16. The number of H-pyrrole nitrogens is 1. The van der Waals surface area contributed by atoms with Gasteiger partial charge in [0.05, 0.1) is 11.4 Å². The lowest BCUT2D eigenvalue weighted by molar-refractivity contribution is 0.262. The Kier molecular flexibility index (Phi) is 5.26. The van der Waals surface area contributed by atoms with Crippen LogP contribution in [0.1, 0.15) is 5.56 Å². The molecule has 5 nitrogen and oxygen atoms in total. The van der Waals surface area contributed by atoms with Gasteiger partial charge >= 0.3 is 6.03 Å². The zero-order valence-corrected chi connectivity index (χ0v) is 17.5. The second-order valence-corrected chi connectivity index (χ2v) is 8.55. The molecule has 0 aliphatic carbocycles. The van der Waals surface area contributed by atoms with Gasteiger partial charge in [-0.3, -0.25) is 0 Å². The quantitative estimate of drug-likeness (QED) is 0.367. The van der Waals surface area contributed by atoms with E-state index in [-0.39, 0.29) is 11.8 Å². The SMILES string of the molecule is O=C(Nc1ccc2c(c1)N(Cc1ccccc1)CCS2)Nc1c[nH]c2ccc(F)cc12. The van der Waals surface area contributed by atoms with E-state index < -0.39 is 0 Å². The average molecular weight is 433 g/mol. The van der Waals surface area contributed by atoms with Gasteiger partial charge in [-0.25, -0.2) is 9.18 Å². The standard InChI is InChI=1S/C24H21FN4OS/c25-17-6-8-20-19(12-17)21(14-26-20)28-24(30)27-18-7-9-23-22(13-18)29(10-11-31-23)15-16-4-2-1-3-5-16/h1-9,12-14,26H,10-11,15H2,(H2,27,28,30). The van der Waals surface area contributed by atoms with E-state index in [9.17, 15) is 9.18 Å². The first-order chi connectivity index (χ1) is 15.2. The topological polar surface area (TPSA) is 60.2 Å². The number of carbonyl (C=O) groups excluding carboxylic acids is 1. The minimum absolute atomic E-state index is 0.346. The summed E-state index contributed by atoms with van der Waals surface area (Å²) < 4.78 is 13.6. The van der Waals surface area contributed by atoms with Crippen LogP contribution in [0.4, 0.5) is 26.2 Å². The van der Waals surface area contributed by atoms with Gasteiger partial charge < -0.3 is 20.5 Å². The Morgan fingerprint density at radius 3 is 2.81 bits per heavy atom. The van der Waals surface area contributed by atoms with Crippen LogP contribution in [0.3, 0.4) is 0 Å². The molecule has 5 rings (SSSR count). The van der Waals surface area contributed by atoms with Gasteiger partial charge in [0, 0.05) is 46.5 Å². The maximum atomic E-state index is 13.6. The highest BCUT2D eigenvalue weighted by Gasteiger charge is 2.19. The summed E-state index contributed by atoms with van der Waals surface area (Å²) >= 11 is 1.83. The van der Waals surface area contributed by atoms with E-state index in [4.69, 9.17) is 0 Å². The van der Waals surface area contributed by atoms with Crippen molar-refractivity contribution >= 4 is 45.8 Å². The van der Waals surface area contributed by atoms with Crippen molar-refractivity contribution < 1.29 is 9.18 Å². The van der Waals surface area contributed by atoms with Gasteiger partial charge in [0.2, 0.25) is 0 Å². The van der Waals surface area contributed by atoms with Crippen molar-refractivity contribution in [3.05, 3.63) is 84.3 Å². The molecule has 1 aliphatic heterocycles. The molecular formula is C24H21FN4OS. The molecule has 0 radical (unpaired) electrons. The van der Waals surface area contributed by atoms with Crippen molar-refractivity contribution in [1.29, 1.82) is 0 Å². The number of urea groups is 1. The van der Waals surface area contributed by atoms with Crippen LogP contribution >= 0.6 is 11.8 Å². The van der Waals surface area contributed by atoms with Crippen LogP contribution in [0.2, 0.25) is 0 Å². The van der Waals surface area contributed by atoms with E-state index in [1.54, 1.807) is 12.3 Å². The van der Waals surface area contributed by atoms with Crippen LogP contribution in [0, 0.1) is 5.82 Å². The van der Waals surface area contributed by atoms with Gasteiger partial charge in [-0.05, 0) is 42.0 Å². The Hall–Kier alpha value is -3.45. The maximum absolute atomic E-state index is 13.6. The summed E-state index contributed by atoms with van der Waals surface area (Å²) in [7, 11) is 0. The van der Waals surface area contributed by atoms with E-state index >= 15 is 0 Å². The van der Waals surface area contributed by atoms with E-state index in [0.717, 1.165) is 30.0 Å². The predicted molar refractivity (Wildman–Crippen MR) is 126 cm³/mol. The van der Waals surface area contributed by atoms with E-state index in [2.05, 4.69) is 32.7 Å². The Labute approximate surface area is 183 Å². The monoisotopic (exact) mass is 432 g/mol. The second kappa shape index (κ2) is 8.35. The number of benzene rings is 3. The minimum atomic E-state index is -0.372. The number of halogens is 1. The molecule has 2 heterocycles. The number of rotatable bonds is 4. The van der Waals surface area contributed by atoms with Crippen molar-refractivity contribution in [1.82, 2.24) is 4.98 Å². The first kappa shape index (κ1) is 19.5. The third-order valence-electron chi connectivity index (χ3n) is 5.28. The second-order valence-electron chi connectivity index (χ2n) is 7.41. The molecule has 31 heavy (non-hydrogen) atoms. The molecule has 156 valence electrons. The molecule has 3 aromatic carbocycles. The van der Waals surface area contributed by atoms with Crippen LogP contribution < -0.4 is 15.5 Å². The highest BCUT2D eigenvalue weighted by molar-refractivity contribution is 7.99. The number of fused-ring (bicyclic) bond motifs is 2. The molecule has 1 aromatic heterocycles. The summed E-state index contributed by atoms with van der Waals surface area (Å²) in [6.45, 7) is 1.77. The number of nitrogens with zero attached hydrogens (tertiary/aromatic N) is 1. The number of carbonyl (C=O) groups is 1. The van der Waals surface area contributed by atoms with Gasteiger partial charge in [-0.15, -0.1) is 11.8 Å². The highest BCUT2D eigenvalue weighted by Crippen LogP contribution is 2.37. The van der Waals surface area contributed by atoms with Crippen LogP contribution in [0.5, 0.6) is 0 Å². The molecule has 3 N–H and O–H groups in total. The van der Waals surface area contributed by atoms with E-state index in [0.29, 0.717) is 16.8 Å². The van der Waals surface area contributed by atoms with Gasteiger partial charge in [-0.2, -0.15) is 0 Å². The normalized spacial score (nSPS) is 13.1. The molecule has 0 spiro atoms. The van der Waals surface area contributed by atoms with Crippen LogP contribution in [0.25, 0.3) is 10.9 Å². The molecule has 2 amide bonds. The van der Waals surface area contributed by atoms with Crippen LogP contribution in [-0.2, 0) is 6.54 Å². The molecule has 0 unspecified atom stereocenters. The molecule has 0 saturated heterocycles. The number of aromatic amines is 1. The summed E-state index contributed by atoms with van der Waals surface area (Å²) in [6.07, 6.45) is 1.66. The van der Waals surface area contributed by atoms with Crippen LogP contribution in [0.15, 0.2) is 77.8 Å². The Bertz CT molecular complexity index is 1240. The summed E-state index contributed by atoms with van der Waals surface area (Å²) in [5, 5.41) is 6.34. The zero-order valence-electron chi connectivity index (χ0n) is 16.7. The largest absolute Gasteiger partial charge is 0.365 e. The fourth-order valence-electron chi connectivity index (χ4n) is 3.80. The molecule has 0 fully saturated rings. The molecule has 0 bridgehead atoms. The number of anilines is 3.